The molecular formula is C24H16ClNO3. The van der Waals surface area contributed by atoms with Crippen molar-refractivity contribution in [1.82, 2.24) is 0 Å². The molecule has 0 fully saturated rings. The Morgan fingerprint density at radius 3 is 2.31 bits per heavy atom. The van der Waals surface area contributed by atoms with Gasteiger partial charge in [0.05, 0.1) is 5.69 Å². The fourth-order valence-corrected chi connectivity index (χ4v) is 3.09. The van der Waals surface area contributed by atoms with E-state index < -0.39 is 0 Å². The molecule has 0 unspecified atom stereocenters. The lowest BCUT2D eigenvalue weighted by atomic mass is 10.1. The lowest BCUT2D eigenvalue weighted by Gasteiger charge is -2.04. The van der Waals surface area contributed by atoms with Crippen molar-refractivity contribution in [1.29, 1.82) is 0 Å². The third-order valence-electron chi connectivity index (χ3n) is 4.38. The first-order valence-electron chi connectivity index (χ1n) is 8.98. The average Bonchev–Trinajstić information content (AvgIpc) is 3.11. The highest BCUT2D eigenvalue weighted by Crippen LogP contribution is 2.32. The standard InChI is InChI=1S/C24H16ClNO3/c25-18-13-11-17(12-14-18)23(28)24-22(19-8-4-5-9-20(19)29-24)26-21(27)15-10-16-6-2-1-3-7-16/h1-15H,(H,26,27). The number of fused-ring (bicyclic) bond motifs is 1. The Kier molecular flexibility index (Phi) is 5.27. The van der Waals surface area contributed by atoms with E-state index in [-0.39, 0.29) is 17.5 Å². The van der Waals surface area contributed by atoms with Crippen LogP contribution in [0.1, 0.15) is 21.7 Å². The maximum Gasteiger partial charge on any atom is 0.248 e. The number of para-hydroxylation sites is 1. The van der Waals surface area contributed by atoms with Gasteiger partial charge in [-0.3, -0.25) is 9.59 Å². The summed E-state index contributed by atoms with van der Waals surface area (Å²) in [6, 6.07) is 23.2. The van der Waals surface area contributed by atoms with E-state index in [4.69, 9.17) is 16.0 Å². The quantitative estimate of drug-likeness (QED) is 0.331. The van der Waals surface area contributed by atoms with Crippen molar-refractivity contribution in [3.8, 4) is 0 Å². The van der Waals surface area contributed by atoms with Crippen LogP contribution in [0.25, 0.3) is 17.0 Å². The number of amides is 1. The molecule has 29 heavy (non-hydrogen) atoms. The summed E-state index contributed by atoms with van der Waals surface area (Å²) in [5, 5.41) is 3.99. The van der Waals surface area contributed by atoms with Gasteiger partial charge in [-0.05, 0) is 48.0 Å². The molecule has 0 radical (unpaired) electrons. The molecule has 1 N–H and O–H groups in total. The molecule has 5 heteroatoms. The fraction of sp³-hybridized carbons (Fsp3) is 0. The van der Waals surface area contributed by atoms with Crippen LogP contribution in [0, 0.1) is 0 Å². The van der Waals surface area contributed by atoms with E-state index in [0.29, 0.717) is 27.2 Å². The van der Waals surface area contributed by atoms with Crippen LogP contribution < -0.4 is 5.32 Å². The van der Waals surface area contributed by atoms with E-state index in [1.165, 1.54) is 6.08 Å². The maximum absolute atomic E-state index is 13.0. The largest absolute Gasteiger partial charge is 0.450 e. The summed E-state index contributed by atoms with van der Waals surface area (Å²) in [5.41, 5.74) is 2.19. The summed E-state index contributed by atoms with van der Waals surface area (Å²) in [4.78, 5) is 25.5. The summed E-state index contributed by atoms with van der Waals surface area (Å²) in [7, 11) is 0. The molecule has 0 aliphatic heterocycles. The van der Waals surface area contributed by atoms with Gasteiger partial charge < -0.3 is 9.73 Å². The molecule has 142 valence electrons. The van der Waals surface area contributed by atoms with Crippen LogP contribution in [0.4, 0.5) is 5.69 Å². The van der Waals surface area contributed by atoms with Crippen molar-refractivity contribution in [2.75, 3.05) is 5.32 Å². The Bertz CT molecular complexity index is 1210. The van der Waals surface area contributed by atoms with E-state index in [1.54, 1.807) is 42.5 Å². The molecule has 1 amide bonds. The summed E-state index contributed by atoms with van der Waals surface area (Å²) in [5.74, 6) is -0.610. The van der Waals surface area contributed by atoms with Gasteiger partial charge in [0, 0.05) is 22.0 Å². The predicted molar refractivity (Wildman–Crippen MR) is 115 cm³/mol. The van der Waals surface area contributed by atoms with E-state index >= 15 is 0 Å². The molecule has 1 heterocycles. The number of hydrogen-bond acceptors (Lipinski definition) is 3. The van der Waals surface area contributed by atoms with Crippen LogP contribution in [-0.2, 0) is 4.79 Å². The number of furan rings is 1. The predicted octanol–water partition coefficient (Wildman–Crippen LogP) is 5.97. The summed E-state index contributed by atoms with van der Waals surface area (Å²) in [6.07, 6.45) is 3.13. The number of carbonyl (C=O) groups excluding carboxylic acids is 2. The van der Waals surface area contributed by atoms with Crippen LogP contribution in [0.5, 0.6) is 0 Å². The van der Waals surface area contributed by atoms with Crippen LogP contribution in [-0.4, -0.2) is 11.7 Å². The van der Waals surface area contributed by atoms with Crippen molar-refractivity contribution in [2.24, 2.45) is 0 Å². The first kappa shape index (κ1) is 18.7. The fourth-order valence-electron chi connectivity index (χ4n) is 2.96. The summed E-state index contributed by atoms with van der Waals surface area (Å²) < 4.78 is 5.79. The van der Waals surface area contributed by atoms with Gasteiger partial charge in [0.1, 0.15) is 5.58 Å². The molecule has 0 spiro atoms. The summed E-state index contributed by atoms with van der Waals surface area (Å²) in [6.45, 7) is 0. The van der Waals surface area contributed by atoms with Gasteiger partial charge in [-0.15, -0.1) is 0 Å². The smallest absolute Gasteiger partial charge is 0.248 e. The van der Waals surface area contributed by atoms with E-state index in [2.05, 4.69) is 5.32 Å². The first-order chi connectivity index (χ1) is 14.1. The number of rotatable bonds is 5. The van der Waals surface area contributed by atoms with Gasteiger partial charge in [-0.25, -0.2) is 0 Å². The highest BCUT2D eigenvalue weighted by molar-refractivity contribution is 6.30. The van der Waals surface area contributed by atoms with Gasteiger partial charge in [0.25, 0.3) is 0 Å². The van der Waals surface area contributed by atoms with Crippen molar-refractivity contribution in [3.63, 3.8) is 0 Å². The molecular weight excluding hydrogens is 386 g/mol. The van der Waals surface area contributed by atoms with Crippen LogP contribution in [0.2, 0.25) is 5.02 Å². The molecule has 0 bridgehead atoms. The molecule has 3 aromatic carbocycles. The minimum atomic E-state index is -0.356. The monoisotopic (exact) mass is 401 g/mol. The van der Waals surface area contributed by atoms with Gasteiger partial charge in [0.15, 0.2) is 5.76 Å². The van der Waals surface area contributed by atoms with Gasteiger partial charge >= 0.3 is 0 Å². The topological polar surface area (TPSA) is 59.3 Å². The maximum atomic E-state index is 13.0. The number of hydrogen-bond donors (Lipinski definition) is 1. The molecule has 4 nitrogen and oxygen atoms in total. The number of nitrogens with one attached hydrogen (secondary N) is 1. The SMILES string of the molecule is O=C(C=Cc1ccccc1)Nc1c(C(=O)c2ccc(Cl)cc2)oc2ccccc12. The van der Waals surface area contributed by atoms with Gasteiger partial charge in [-0.2, -0.15) is 0 Å². The van der Waals surface area contributed by atoms with E-state index in [9.17, 15) is 9.59 Å². The number of benzene rings is 3. The minimum absolute atomic E-state index is 0.0787. The number of carbonyl (C=O) groups is 2. The van der Waals surface area contributed by atoms with Crippen molar-refractivity contribution in [3.05, 3.63) is 107 Å². The molecule has 0 aliphatic rings. The number of anilines is 1. The molecule has 0 aliphatic carbocycles. The molecule has 1 aromatic heterocycles. The third-order valence-corrected chi connectivity index (χ3v) is 4.64. The lowest BCUT2D eigenvalue weighted by molar-refractivity contribution is -0.111. The van der Waals surface area contributed by atoms with Crippen LogP contribution in [0.15, 0.2) is 89.4 Å². The lowest BCUT2D eigenvalue weighted by Crippen LogP contribution is -2.11. The summed E-state index contributed by atoms with van der Waals surface area (Å²) >= 11 is 5.91. The van der Waals surface area contributed by atoms with Crippen molar-refractivity contribution in [2.45, 2.75) is 0 Å². The average molecular weight is 402 g/mol. The Morgan fingerprint density at radius 1 is 0.862 bits per heavy atom. The van der Waals surface area contributed by atoms with E-state index in [0.717, 1.165) is 5.56 Å². The van der Waals surface area contributed by atoms with Gasteiger partial charge in [-0.1, -0.05) is 54.1 Å². The Hall–Kier alpha value is -3.63. The Balaban J connectivity index is 1.68. The Morgan fingerprint density at radius 2 is 1.55 bits per heavy atom. The normalized spacial score (nSPS) is 11.1. The highest BCUT2D eigenvalue weighted by Gasteiger charge is 2.22. The molecule has 0 atom stereocenters. The number of halogens is 1. The molecule has 0 saturated carbocycles. The molecule has 4 rings (SSSR count). The highest BCUT2D eigenvalue weighted by atomic mass is 35.5. The second-order valence-electron chi connectivity index (χ2n) is 6.37. The number of ketones is 1. The Labute approximate surface area is 172 Å². The van der Waals surface area contributed by atoms with Crippen molar-refractivity contribution < 1.29 is 14.0 Å². The van der Waals surface area contributed by atoms with Crippen molar-refractivity contribution >= 4 is 46.0 Å². The first-order valence-corrected chi connectivity index (χ1v) is 9.35. The zero-order valence-electron chi connectivity index (χ0n) is 15.3. The second-order valence-corrected chi connectivity index (χ2v) is 6.81. The molecule has 4 aromatic rings. The zero-order chi connectivity index (χ0) is 20.2. The minimum Gasteiger partial charge on any atom is -0.450 e. The van der Waals surface area contributed by atoms with Gasteiger partial charge in [0.2, 0.25) is 11.7 Å². The molecule has 0 saturated heterocycles. The van der Waals surface area contributed by atoms with Crippen LogP contribution >= 0.6 is 11.6 Å². The second kappa shape index (κ2) is 8.17. The van der Waals surface area contributed by atoms with E-state index in [1.807, 2.05) is 42.5 Å². The zero-order valence-corrected chi connectivity index (χ0v) is 16.0. The third kappa shape index (κ3) is 4.13. The van der Waals surface area contributed by atoms with Crippen LogP contribution in [0.3, 0.4) is 0 Å².